The van der Waals surface area contributed by atoms with E-state index in [0.29, 0.717) is 63.1 Å². The van der Waals surface area contributed by atoms with Crippen molar-refractivity contribution in [3.63, 3.8) is 0 Å². The van der Waals surface area contributed by atoms with Crippen LogP contribution in [-0.4, -0.2) is 294 Å². The smallest absolute Gasteiger partial charge is 0.345 e. The Labute approximate surface area is 828 Å². The molecule has 0 bridgehead atoms. The molecule has 3 aliphatic rings. The predicted molar refractivity (Wildman–Crippen MR) is 553 cm³/mol. The Morgan fingerprint density at radius 1 is 0.459 bits per heavy atom. The summed E-state index contributed by atoms with van der Waals surface area (Å²) in [5.41, 5.74) is -1.82. The van der Waals surface area contributed by atoms with Crippen molar-refractivity contribution in [3.05, 3.63) is 18.0 Å². The lowest BCUT2D eigenvalue weighted by molar-refractivity contribution is -0.189. The monoisotopic (exact) mass is 1990 g/mol. The Kier molecular flexibility index (Phi) is 112. The number of alkyl halides is 7. The molecule has 1 aliphatic carbocycles. The number of aliphatic hydroxyl groups excluding tert-OH is 3. The van der Waals surface area contributed by atoms with Crippen molar-refractivity contribution in [2.45, 2.75) is 469 Å². The molecule has 0 unspecified atom stereocenters. The number of hydrogen-bond donors (Lipinski definition) is 4. The second-order valence-corrected chi connectivity index (χ2v) is 44.4. The normalized spacial score (nSPS) is 14.8. The maximum Gasteiger partial charge on any atom is 0.345 e. The van der Waals surface area contributed by atoms with E-state index < -0.39 is 49.7 Å². The van der Waals surface area contributed by atoms with Crippen LogP contribution in [-0.2, 0) is 81.2 Å². The van der Waals surface area contributed by atoms with Gasteiger partial charge < -0.3 is 101 Å². The number of nitrogens with zero attached hydrogens (tertiary/aromatic N) is 3. The first kappa shape index (κ1) is 162. The minimum absolute atomic E-state index is 0. The summed E-state index contributed by atoms with van der Waals surface area (Å²) in [6, 6.07) is 0. The summed E-state index contributed by atoms with van der Waals surface area (Å²) in [5.74, 6) is 2.50. The molecule has 2 aliphatic heterocycles. The fourth-order valence-corrected chi connectivity index (χ4v) is 7.03. The molecule has 0 radical (unpaired) electrons. The Morgan fingerprint density at radius 3 is 1.05 bits per heavy atom. The molecular formula is C101H222F7N3O20S2. The molecule has 32 heteroatoms. The van der Waals surface area contributed by atoms with E-state index >= 15 is 0 Å². The van der Waals surface area contributed by atoms with E-state index in [1.165, 1.54) is 31.7 Å². The van der Waals surface area contributed by atoms with Crippen molar-refractivity contribution in [2.75, 3.05) is 160 Å². The molecule has 23 nitrogen and oxygen atoms in total. The molecule has 0 aromatic carbocycles. The highest BCUT2D eigenvalue weighted by Gasteiger charge is 2.25. The average molecular weight is 2000 g/mol. The van der Waals surface area contributed by atoms with Crippen molar-refractivity contribution in [3.8, 4) is 0 Å². The van der Waals surface area contributed by atoms with E-state index in [2.05, 4.69) is 123 Å². The van der Waals surface area contributed by atoms with Gasteiger partial charge in [-0.3, -0.25) is 0 Å². The Morgan fingerprint density at radius 2 is 0.842 bits per heavy atom. The van der Waals surface area contributed by atoms with E-state index in [1.54, 1.807) is 69.6 Å². The quantitative estimate of drug-likeness (QED) is 0.0449. The van der Waals surface area contributed by atoms with Crippen molar-refractivity contribution < 1.29 is 127 Å². The number of ether oxygens (including phenoxy) is 16. The van der Waals surface area contributed by atoms with Gasteiger partial charge in [0.15, 0.2) is 0 Å². The van der Waals surface area contributed by atoms with Crippen LogP contribution in [0.25, 0.3) is 0 Å². The standard InChI is InChI=1S/C9H18O2.2C9H20O2.C8H12F2N2.2C8H18O2.C6H12F2O.C6H13FO.C6H13NO2.C6H12O2.C6H14O.C5H10F2O.3C4H10.C3H8O2.2H2S/c1-9(2,3)11-7-6-10-8-4-5-8;1-8(2,3)11-7-9(4,5)10-6;1-8(2)10-6-7-11-9(3,4)5;1-8(2,3)6-4-11-12(5-6)7(9)10;1-7(2,3)10-6-8(4,5)9;1-5-9-6-7-10-8(2,3)4;1-6(2,3)9-4-5(7)8;1-6(2,3)8-5-4-7;1-7-2-3-9-6(4-7)5-8;7-5-6-3-1-2-4-8-6;1-5-7-6(2,3)4;1-5(2,3)8-4(6)7;3*1-4(2)3;1-5-3-2-4;;/h8H,4-7H2,1-3H3;7H2,1-6H3;8H,6-7H2,1-5H3;4-5,7H,1-3H3;9H,6H2,1-5H3;5-7H2,1-4H3;5H,4H2,1-3H3;4-5H2,1-3H3;6,8H,2-5H2,1H3;6-7H,1-5H2;5H2,1-4H3;4H,1-3H3;3*4H,1-3H3;4H,2-3H2,1H3;2*1H2/t;;;;;;;;2*6-;;;;;;;;/m........00......../s1. The Hall–Kier alpha value is -1.42. The molecule has 133 heavy (non-hydrogen) atoms. The molecule has 1 saturated carbocycles. The first-order chi connectivity index (χ1) is 58.8. The lowest BCUT2D eigenvalue weighted by atomic mass is 9.90. The van der Waals surface area contributed by atoms with Gasteiger partial charge in [-0.15, -0.1) is 0 Å². The number of methoxy groups -OCH3 is 2. The van der Waals surface area contributed by atoms with Gasteiger partial charge in [0.2, 0.25) is 0 Å². The van der Waals surface area contributed by atoms with Gasteiger partial charge in [0.25, 0.3) is 6.43 Å². The lowest BCUT2D eigenvalue weighted by Gasteiger charge is -2.28. The number of hydrogen-bond acceptors (Lipinski definition) is 22. The van der Waals surface area contributed by atoms with Crippen molar-refractivity contribution >= 4 is 27.0 Å². The van der Waals surface area contributed by atoms with Crippen LogP contribution >= 0.6 is 27.0 Å². The third-order valence-electron chi connectivity index (χ3n) is 13.1. The highest BCUT2D eigenvalue weighted by Crippen LogP contribution is 2.25. The summed E-state index contributed by atoms with van der Waals surface area (Å²) < 4.78 is 164. The molecular weight excluding hydrogens is 1770 g/mol. The van der Waals surface area contributed by atoms with Gasteiger partial charge in [-0.25, -0.2) is 17.9 Å². The molecule has 0 spiro atoms. The molecule has 0 amide bonds. The molecule has 1 aromatic heterocycles. The fourth-order valence-electron chi connectivity index (χ4n) is 7.03. The van der Waals surface area contributed by atoms with Crippen LogP contribution in [0.3, 0.4) is 0 Å². The highest BCUT2D eigenvalue weighted by molar-refractivity contribution is 7.59. The molecule has 4 N–H and O–H groups in total. The highest BCUT2D eigenvalue weighted by atomic mass is 32.1. The third-order valence-corrected chi connectivity index (χ3v) is 13.1. The maximum atomic E-state index is 12.1. The van der Waals surface area contributed by atoms with Gasteiger partial charge in [-0.1, -0.05) is 83.1 Å². The number of rotatable bonds is 28. The second-order valence-electron chi connectivity index (χ2n) is 44.4. The number of aromatic nitrogens is 2. The van der Waals surface area contributed by atoms with Crippen LogP contribution in [0.2, 0.25) is 0 Å². The molecule has 3 heterocycles. The van der Waals surface area contributed by atoms with Gasteiger partial charge in [0, 0.05) is 53.3 Å². The van der Waals surface area contributed by atoms with Crippen LogP contribution in [0, 0.1) is 17.8 Å². The topological polar surface area (TPSA) is 250 Å². The van der Waals surface area contributed by atoms with E-state index in [9.17, 15) is 35.8 Å². The lowest BCUT2D eigenvalue weighted by Crippen LogP contribution is -2.41. The molecule has 4 rings (SSSR count). The molecule has 1 aromatic rings. The van der Waals surface area contributed by atoms with Crippen molar-refractivity contribution in [1.29, 1.82) is 0 Å². The van der Waals surface area contributed by atoms with Gasteiger partial charge in [-0.05, 0) is 310 Å². The molecule has 2 saturated heterocycles. The summed E-state index contributed by atoms with van der Waals surface area (Å²) in [7, 11) is 5.29. The van der Waals surface area contributed by atoms with Gasteiger partial charge in [-0.2, -0.15) is 49.7 Å². The Bertz CT molecular complexity index is 2400. The first-order valence-corrected chi connectivity index (χ1v) is 47.3. The molecule has 3 fully saturated rings. The molecule has 822 valence electrons. The third kappa shape index (κ3) is 197. The van der Waals surface area contributed by atoms with Gasteiger partial charge >= 0.3 is 13.2 Å². The second kappa shape index (κ2) is 91.8. The minimum atomic E-state index is -2.66. The van der Waals surface area contributed by atoms with Crippen molar-refractivity contribution in [1.82, 2.24) is 14.7 Å². The summed E-state index contributed by atoms with van der Waals surface area (Å²) in [4.78, 5) is 2.16. The summed E-state index contributed by atoms with van der Waals surface area (Å²) in [5, 5.41) is 38.0. The van der Waals surface area contributed by atoms with Crippen LogP contribution in [0.5, 0.6) is 0 Å². The fraction of sp³-hybridized carbons (Fsp3) is 0.970. The van der Waals surface area contributed by atoms with Crippen molar-refractivity contribution in [2.24, 2.45) is 17.8 Å². The van der Waals surface area contributed by atoms with Gasteiger partial charge in [0.05, 0.1) is 185 Å². The van der Waals surface area contributed by atoms with E-state index in [1.807, 2.05) is 173 Å². The zero-order chi connectivity index (χ0) is 106. The van der Waals surface area contributed by atoms with E-state index in [0.717, 1.165) is 88.9 Å². The molecule has 2 atom stereocenters. The van der Waals surface area contributed by atoms with Crippen LogP contribution in [0.4, 0.5) is 30.7 Å². The average Bonchev–Trinajstić information content (AvgIpc) is 1.71. The van der Waals surface area contributed by atoms with E-state index in [-0.39, 0.29) is 116 Å². The number of halogens is 7. The zero-order valence-electron chi connectivity index (χ0n) is 95.1. The number of likely N-dealkylation sites (N-methyl/N-ethyl adjacent to an activating group) is 1. The predicted octanol–water partition coefficient (Wildman–Crippen LogP) is 24.8. The number of aliphatic hydroxyl groups is 4. The maximum absolute atomic E-state index is 12.1. The largest absolute Gasteiger partial charge is 0.394 e. The first-order valence-electron chi connectivity index (χ1n) is 47.3. The Balaban J connectivity index is -0.0000000953. The van der Waals surface area contributed by atoms with Gasteiger partial charge in [0.1, 0.15) is 13.3 Å². The summed E-state index contributed by atoms with van der Waals surface area (Å²) in [6.07, 6.45) is 7.45. The minimum Gasteiger partial charge on any atom is -0.394 e. The zero-order valence-corrected chi connectivity index (χ0v) is 97.1. The van der Waals surface area contributed by atoms with E-state index in [4.69, 9.17) is 81.6 Å². The summed E-state index contributed by atoms with van der Waals surface area (Å²) in [6.45, 7) is 98.6. The SMILES string of the molecule is CC(C)(C)OC(F)F.CC(C)(C)OCC(F)F.CC(C)(C)OCCF.CC(C)(C)OCCOC1CC1.CC(C)(C)c1cnn(C(F)F)c1.CC(C)(O)COC(C)(C)C.CC(C)C.CC(C)C.CC(C)C.CC(C)OCCOC(C)(C)C.CCOC(C)(C)C.CCOCCOC(C)(C)C.CN1CCO[C@H](CO)C1.COC(C)(C)COC(C)(C)C.COCCO.OC[C@@H]1CCCCO1.S.S. The number of morpholine rings is 1. The summed E-state index contributed by atoms with van der Waals surface area (Å²) >= 11 is 0. The van der Waals surface area contributed by atoms with Crippen LogP contribution in [0.15, 0.2) is 12.4 Å². The van der Waals surface area contributed by atoms with Crippen LogP contribution < -0.4 is 0 Å². The van der Waals surface area contributed by atoms with Crippen LogP contribution in [0.1, 0.15) is 370 Å².